The van der Waals surface area contributed by atoms with Gasteiger partial charge in [0, 0.05) is 59.0 Å². The number of hydrogen-bond donors (Lipinski definition) is 1. The van der Waals surface area contributed by atoms with E-state index in [0.717, 1.165) is 52.9 Å². The zero-order chi connectivity index (χ0) is 23.3. The Hall–Kier alpha value is -2.31. The number of aromatic nitrogens is 2. The highest BCUT2D eigenvalue weighted by Gasteiger charge is 2.18. The van der Waals surface area contributed by atoms with Crippen molar-refractivity contribution in [2.24, 2.45) is 0 Å². The summed E-state index contributed by atoms with van der Waals surface area (Å²) in [7, 11) is 0. The molecule has 3 aromatic carbocycles. The molecule has 1 aliphatic rings. The third-order valence-corrected chi connectivity index (χ3v) is 7.67. The standard InChI is InChI=1S/C27H26Cl2N4S/c28-22-6-1-19(2-7-22)26(20-3-8-23(29)9-4-20)21-5-10-25-24(17-21)27(32-18-31-25)30-11-12-33-13-15-34-16-14-33/h1-10,17-18,26H,11-16H2,(H,30,31,32). The molecule has 7 heteroatoms. The molecule has 0 amide bonds. The van der Waals surface area contributed by atoms with E-state index in [0.29, 0.717) is 0 Å². The van der Waals surface area contributed by atoms with Crippen LogP contribution < -0.4 is 5.32 Å². The number of hydrogen-bond acceptors (Lipinski definition) is 5. The van der Waals surface area contributed by atoms with Crippen LogP contribution in [0.25, 0.3) is 10.9 Å². The van der Waals surface area contributed by atoms with Gasteiger partial charge < -0.3 is 5.32 Å². The van der Waals surface area contributed by atoms with Crippen molar-refractivity contribution in [1.29, 1.82) is 0 Å². The monoisotopic (exact) mass is 508 g/mol. The Morgan fingerprint density at radius 2 is 1.44 bits per heavy atom. The summed E-state index contributed by atoms with van der Waals surface area (Å²) >= 11 is 14.4. The van der Waals surface area contributed by atoms with Gasteiger partial charge >= 0.3 is 0 Å². The summed E-state index contributed by atoms with van der Waals surface area (Å²) in [5.41, 5.74) is 4.44. The van der Waals surface area contributed by atoms with Crippen molar-refractivity contribution >= 4 is 51.7 Å². The Morgan fingerprint density at radius 1 is 0.824 bits per heavy atom. The van der Waals surface area contributed by atoms with Crippen molar-refractivity contribution in [2.75, 3.05) is 43.0 Å². The topological polar surface area (TPSA) is 41.1 Å². The molecular weight excluding hydrogens is 483 g/mol. The molecule has 1 aromatic heterocycles. The molecule has 34 heavy (non-hydrogen) atoms. The third-order valence-electron chi connectivity index (χ3n) is 6.22. The summed E-state index contributed by atoms with van der Waals surface area (Å²) in [6.07, 6.45) is 1.64. The quantitative estimate of drug-likeness (QED) is 0.285. The van der Waals surface area contributed by atoms with Crippen LogP contribution in [0.4, 0.5) is 5.82 Å². The third kappa shape index (κ3) is 5.49. The maximum atomic E-state index is 6.19. The van der Waals surface area contributed by atoms with E-state index in [1.165, 1.54) is 28.2 Å². The van der Waals surface area contributed by atoms with Gasteiger partial charge in [-0.1, -0.05) is 53.5 Å². The number of halogens is 2. The maximum Gasteiger partial charge on any atom is 0.137 e. The summed E-state index contributed by atoms with van der Waals surface area (Å²) in [6.45, 7) is 4.19. The normalized spacial score (nSPS) is 14.6. The van der Waals surface area contributed by atoms with Gasteiger partial charge in [-0.2, -0.15) is 11.8 Å². The summed E-state index contributed by atoms with van der Waals surface area (Å²) in [4.78, 5) is 11.6. The largest absolute Gasteiger partial charge is 0.368 e. The molecule has 4 nitrogen and oxygen atoms in total. The summed E-state index contributed by atoms with van der Waals surface area (Å²) < 4.78 is 0. The van der Waals surface area contributed by atoms with Crippen LogP contribution in [0.3, 0.4) is 0 Å². The van der Waals surface area contributed by atoms with Gasteiger partial charge in [0.05, 0.1) is 5.52 Å². The Kier molecular flexibility index (Phi) is 7.55. The van der Waals surface area contributed by atoms with E-state index in [1.807, 2.05) is 36.0 Å². The fourth-order valence-electron chi connectivity index (χ4n) is 4.44. The first-order chi connectivity index (χ1) is 16.7. The lowest BCUT2D eigenvalue weighted by molar-refractivity contribution is 0.314. The van der Waals surface area contributed by atoms with Crippen LogP contribution in [0.5, 0.6) is 0 Å². The van der Waals surface area contributed by atoms with Crippen molar-refractivity contribution in [3.63, 3.8) is 0 Å². The second-order valence-electron chi connectivity index (χ2n) is 8.42. The van der Waals surface area contributed by atoms with Crippen LogP contribution in [0.2, 0.25) is 10.0 Å². The Balaban J connectivity index is 1.48. The fourth-order valence-corrected chi connectivity index (χ4v) is 5.67. The summed E-state index contributed by atoms with van der Waals surface area (Å²) in [6, 6.07) is 22.6. The smallest absolute Gasteiger partial charge is 0.137 e. The highest BCUT2D eigenvalue weighted by molar-refractivity contribution is 7.99. The van der Waals surface area contributed by atoms with Crippen LogP contribution in [-0.2, 0) is 0 Å². The first-order valence-corrected chi connectivity index (χ1v) is 13.4. The average molecular weight is 510 g/mol. The molecule has 1 fully saturated rings. The molecule has 174 valence electrons. The van der Waals surface area contributed by atoms with Crippen molar-refractivity contribution < 1.29 is 0 Å². The number of thioether (sulfide) groups is 1. The highest BCUT2D eigenvalue weighted by Crippen LogP contribution is 2.35. The van der Waals surface area contributed by atoms with Crippen LogP contribution in [0.15, 0.2) is 73.1 Å². The van der Waals surface area contributed by atoms with Crippen LogP contribution >= 0.6 is 35.0 Å². The van der Waals surface area contributed by atoms with Gasteiger partial charge in [-0.25, -0.2) is 9.97 Å². The zero-order valence-corrected chi connectivity index (χ0v) is 21.1. The predicted octanol–water partition coefficient (Wildman–Crippen LogP) is 6.58. The molecule has 4 aromatic rings. The number of nitrogens with zero attached hydrogens (tertiary/aromatic N) is 3. The number of rotatable bonds is 7. The molecule has 0 atom stereocenters. The Morgan fingerprint density at radius 3 is 2.09 bits per heavy atom. The second-order valence-corrected chi connectivity index (χ2v) is 10.5. The Bertz CT molecular complexity index is 1200. The summed E-state index contributed by atoms with van der Waals surface area (Å²) in [5, 5.41) is 6.04. The van der Waals surface area contributed by atoms with E-state index in [-0.39, 0.29) is 5.92 Å². The molecule has 0 aliphatic carbocycles. The van der Waals surface area contributed by atoms with Gasteiger partial charge in [-0.15, -0.1) is 0 Å². The molecular formula is C27H26Cl2N4S. The molecule has 0 spiro atoms. The van der Waals surface area contributed by atoms with Crippen LogP contribution in [-0.4, -0.2) is 52.6 Å². The maximum absolute atomic E-state index is 6.19. The molecule has 1 saturated heterocycles. The number of benzene rings is 3. The minimum atomic E-state index is 0.0397. The van der Waals surface area contributed by atoms with Crippen molar-refractivity contribution in [3.05, 3.63) is 99.8 Å². The molecule has 2 heterocycles. The summed E-state index contributed by atoms with van der Waals surface area (Å²) in [5.74, 6) is 3.36. The van der Waals surface area contributed by atoms with E-state index in [9.17, 15) is 0 Å². The second kappa shape index (κ2) is 11.0. The van der Waals surface area contributed by atoms with E-state index in [4.69, 9.17) is 23.2 Å². The molecule has 0 unspecified atom stereocenters. The van der Waals surface area contributed by atoms with E-state index in [2.05, 4.69) is 62.6 Å². The van der Waals surface area contributed by atoms with Gasteiger partial charge in [0.1, 0.15) is 12.1 Å². The minimum absolute atomic E-state index is 0.0397. The number of fused-ring (bicyclic) bond motifs is 1. The lowest BCUT2D eigenvalue weighted by Gasteiger charge is -2.26. The number of anilines is 1. The van der Waals surface area contributed by atoms with Crippen LogP contribution in [0.1, 0.15) is 22.6 Å². The molecule has 1 N–H and O–H groups in total. The molecule has 0 bridgehead atoms. The molecule has 0 saturated carbocycles. The molecule has 1 aliphatic heterocycles. The van der Waals surface area contributed by atoms with Gasteiger partial charge in [-0.3, -0.25) is 4.90 Å². The van der Waals surface area contributed by atoms with Gasteiger partial charge in [-0.05, 0) is 53.1 Å². The molecule has 5 rings (SSSR count). The fraction of sp³-hybridized carbons (Fsp3) is 0.259. The van der Waals surface area contributed by atoms with E-state index < -0.39 is 0 Å². The zero-order valence-electron chi connectivity index (χ0n) is 18.8. The lowest BCUT2D eigenvalue weighted by Crippen LogP contribution is -2.36. The van der Waals surface area contributed by atoms with Crippen molar-refractivity contribution in [1.82, 2.24) is 14.9 Å². The average Bonchev–Trinajstić information content (AvgIpc) is 2.87. The van der Waals surface area contributed by atoms with Crippen molar-refractivity contribution in [2.45, 2.75) is 5.92 Å². The van der Waals surface area contributed by atoms with Gasteiger partial charge in [0.15, 0.2) is 0 Å². The first kappa shape index (κ1) is 23.4. The van der Waals surface area contributed by atoms with E-state index in [1.54, 1.807) is 6.33 Å². The van der Waals surface area contributed by atoms with Gasteiger partial charge in [0.25, 0.3) is 0 Å². The highest BCUT2D eigenvalue weighted by atomic mass is 35.5. The Labute approximate surface area is 214 Å². The molecule has 0 radical (unpaired) electrons. The van der Waals surface area contributed by atoms with Gasteiger partial charge in [0.2, 0.25) is 0 Å². The van der Waals surface area contributed by atoms with E-state index >= 15 is 0 Å². The van der Waals surface area contributed by atoms with Crippen molar-refractivity contribution in [3.8, 4) is 0 Å². The minimum Gasteiger partial charge on any atom is -0.368 e. The van der Waals surface area contributed by atoms with Crippen LogP contribution in [0, 0.1) is 0 Å². The predicted molar refractivity (Wildman–Crippen MR) is 146 cm³/mol. The SMILES string of the molecule is Clc1ccc(C(c2ccc(Cl)cc2)c2ccc3ncnc(NCCN4CCSCC4)c3c2)cc1. The number of nitrogens with one attached hydrogen (secondary N) is 1. The first-order valence-electron chi connectivity index (χ1n) is 11.5. The lowest BCUT2D eigenvalue weighted by atomic mass is 9.85.